The Morgan fingerprint density at radius 1 is 0.789 bits per heavy atom. The normalized spacial score (nSPS) is 22.9. The Hall–Kier alpha value is -3.55. The van der Waals surface area contributed by atoms with Crippen molar-refractivity contribution < 1.29 is 23.7 Å². The Balaban J connectivity index is 1.41. The van der Waals surface area contributed by atoms with E-state index in [1.807, 2.05) is 104 Å². The molecule has 4 aromatic rings. The topological polar surface area (TPSA) is 69.8 Å². The summed E-state index contributed by atoms with van der Waals surface area (Å²) in [5, 5.41) is 0. The molecule has 1 fully saturated rings. The summed E-state index contributed by atoms with van der Waals surface area (Å²) in [6.07, 6.45) is -0.526. The zero-order valence-corrected chi connectivity index (χ0v) is 21.5. The summed E-state index contributed by atoms with van der Waals surface area (Å²) < 4.78 is 26.0. The van der Waals surface area contributed by atoms with Crippen molar-refractivity contribution in [2.45, 2.75) is 50.7 Å². The summed E-state index contributed by atoms with van der Waals surface area (Å²) in [6.45, 7) is 3.62. The Kier molecular flexibility index (Phi) is 8.46. The molecule has 0 spiro atoms. The maximum atomic E-state index is 11.4. The summed E-state index contributed by atoms with van der Waals surface area (Å²) in [7, 11) is 0. The lowest BCUT2D eigenvalue weighted by Gasteiger charge is -2.35. The average molecular weight is 512 g/mol. The predicted molar refractivity (Wildman–Crippen MR) is 145 cm³/mol. The van der Waals surface area contributed by atoms with Crippen LogP contribution in [0.25, 0.3) is 0 Å². The Labute approximate surface area is 223 Å². The van der Waals surface area contributed by atoms with Gasteiger partial charge in [0.15, 0.2) is 6.29 Å². The molecule has 1 unspecified atom stereocenters. The van der Waals surface area contributed by atoms with Gasteiger partial charge in [-0.2, -0.15) is 0 Å². The largest absolute Gasteiger partial charge is 0.374 e. The minimum atomic E-state index is -0.865. The molecule has 6 nitrogen and oxygen atoms in total. The van der Waals surface area contributed by atoms with Crippen molar-refractivity contribution in [2.75, 3.05) is 6.61 Å². The minimum absolute atomic E-state index is 0.330. The second kappa shape index (κ2) is 12.3. The molecule has 1 aromatic heterocycles. The average Bonchev–Trinajstić information content (AvgIpc) is 3.55. The van der Waals surface area contributed by atoms with E-state index in [0.29, 0.717) is 32.1 Å². The van der Waals surface area contributed by atoms with Crippen LogP contribution in [-0.2, 0) is 38.8 Å². The summed E-state index contributed by atoms with van der Waals surface area (Å²) in [6, 6.07) is 33.8. The van der Waals surface area contributed by atoms with E-state index in [0.717, 1.165) is 28.7 Å². The highest BCUT2D eigenvalue weighted by Crippen LogP contribution is 2.46. The molecule has 0 saturated carbocycles. The van der Waals surface area contributed by atoms with Crippen LogP contribution in [0, 0.1) is 0 Å². The van der Waals surface area contributed by atoms with E-state index in [-0.39, 0.29) is 0 Å². The third-order valence-electron chi connectivity index (χ3n) is 6.93. The molecule has 4 atom stereocenters. The van der Waals surface area contributed by atoms with E-state index in [2.05, 4.69) is 4.98 Å². The second-order valence-electron chi connectivity index (χ2n) is 9.72. The van der Waals surface area contributed by atoms with Crippen LogP contribution < -0.4 is 0 Å². The summed E-state index contributed by atoms with van der Waals surface area (Å²) in [5.41, 5.74) is 3.59. The number of hydrogen-bond donors (Lipinski definition) is 1. The van der Waals surface area contributed by atoms with Crippen LogP contribution in [0.4, 0.5) is 0 Å². The maximum Gasteiger partial charge on any atom is 0.166 e. The second-order valence-corrected chi connectivity index (χ2v) is 9.72. The van der Waals surface area contributed by atoms with Gasteiger partial charge in [-0.25, -0.2) is 0 Å². The van der Waals surface area contributed by atoms with Crippen LogP contribution in [0.15, 0.2) is 103 Å². The van der Waals surface area contributed by atoms with Gasteiger partial charge in [0.25, 0.3) is 0 Å². The van der Waals surface area contributed by atoms with Crippen molar-refractivity contribution in [3.05, 3.63) is 131 Å². The highest BCUT2D eigenvalue weighted by molar-refractivity contribution is 5.72. The van der Waals surface area contributed by atoms with Crippen LogP contribution in [0.2, 0.25) is 0 Å². The van der Waals surface area contributed by atoms with Gasteiger partial charge < -0.3 is 23.9 Å². The third-order valence-corrected chi connectivity index (χ3v) is 6.93. The molecule has 1 aliphatic heterocycles. The van der Waals surface area contributed by atoms with Gasteiger partial charge in [0, 0.05) is 5.69 Å². The molecular weight excluding hydrogens is 478 g/mol. The molecule has 1 aliphatic rings. The molecule has 38 heavy (non-hydrogen) atoms. The van der Waals surface area contributed by atoms with Gasteiger partial charge in [-0.05, 0) is 35.7 Å². The molecule has 0 bridgehead atoms. The van der Waals surface area contributed by atoms with Gasteiger partial charge in [0.1, 0.15) is 23.9 Å². The molecule has 2 heterocycles. The van der Waals surface area contributed by atoms with Gasteiger partial charge in [0.05, 0.1) is 32.1 Å². The highest BCUT2D eigenvalue weighted by atomic mass is 16.6. The Morgan fingerprint density at radius 2 is 1.37 bits per heavy atom. The van der Waals surface area contributed by atoms with Crippen LogP contribution in [-0.4, -0.2) is 35.7 Å². The standard InChI is InChI=1S/C32H33NO5/c1-32(37-22-26-15-9-4-10-16-26)30(28-18-17-27(19-34)33-28)38-29(23-35-20-24-11-5-2-6-12-24)31(32)36-21-25-13-7-3-8-14-25/h2-19,29-31,33H,20-23H2,1H3/t29-,30?,31-,32+/m1/s1. The first kappa shape index (κ1) is 26.1. The molecule has 5 rings (SSSR count). The molecule has 3 aromatic carbocycles. The van der Waals surface area contributed by atoms with E-state index in [1.54, 1.807) is 6.07 Å². The minimum Gasteiger partial charge on any atom is -0.374 e. The van der Waals surface area contributed by atoms with E-state index in [4.69, 9.17) is 18.9 Å². The predicted octanol–water partition coefficient (Wildman–Crippen LogP) is 6.04. The number of aromatic nitrogens is 1. The maximum absolute atomic E-state index is 11.4. The van der Waals surface area contributed by atoms with Gasteiger partial charge in [0.2, 0.25) is 0 Å². The number of hydrogen-bond acceptors (Lipinski definition) is 5. The number of aromatic amines is 1. The number of carbonyl (C=O) groups excluding carboxylic acids is 1. The third kappa shape index (κ3) is 6.11. The van der Waals surface area contributed by atoms with Crippen molar-refractivity contribution >= 4 is 6.29 Å². The van der Waals surface area contributed by atoms with Gasteiger partial charge in [-0.3, -0.25) is 4.79 Å². The van der Waals surface area contributed by atoms with Crippen LogP contribution in [0.5, 0.6) is 0 Å². The monoisotopic (exact) mass is 511 g/mol. The number of nitrogens with one attached hydrogen (secondary N) is 1. The first-order valence-electron chi connectivity index (χ1n) is 12.9. The van der Waals surface area contributed by atoms with Gasteiger partial charge in [-0.15, -0.1) is 0 Å². The Bertz CT molecular complexity index is 1280. The molecular formula is C32H33NO5. The van der Waals surface area contributed by atoms with Crippen molar-refractivity contribution in [2.24, 2.45) is 0 Å². The summed E-state index contributed by atoms with van der Waals surface area (Å²) in [5.74, 6) is 0. The van der Waals surface area contributed by atoms with Crippen LogP contribution >= 0.6 is 0 Å². The molecule has 1 saturated heterocycles. The van der Waals surface area contributed by atoms with Crippen LogP contribution in [0.3, 0.4) is 0 Å². The zero-order valence-electron chi connectivity index (χ0n) is 21.5. The molecule has 0 amide bonds. The van der Waals surface area contributed by atoms with Gasteiger partial charge >= 0.3 is 0 Å². The van der Waals surface area contributed by atoms with Crippen molar-refractivity contribution in [1.29, 1.82) is 0 Å². The summed E-state index contributed by atoms with van der Waals surface area (Å²) >= 11 is 0. The summed E-state index contributed by atoms with van der Waals surface area (Å²) in [4.78, 5) is 14.6. The fraction of sp³-hybridized carbons (Fsp3) is 0.281. The lowest BCUT2D eigenvalue weighted by molar-refractivity contribution is -0.148. The van der Waals surface area contributed by atoms with Crippen molar-refractivity contribution in [3.8, 4) is 0 Å². The zero-order chi connectivity index (χ0) is 26.2. The number of aldehydes is 1. The highest BCUT2D eigenvalue weighted by Gasteiger charge is 2.56. The van der Waals surface area contributed by atoms with Gasteiger partial charge in [-0.1, -0.05) is 91.0 Å². The fourth-order valence-electron chi connectivity index (χ4n) is 4.93. The lowest BCUT2D eigenvalue weighted by Crippen LogP contribution is -2.47. The Morgan fingerprint density at radius 3 is 1.95 bits per heavy atom. The number of benzene rings is 3. The number of carbonyl (C=O) groups is 1. The first-order valence-corrected chi connectivity index (χ1v) is 12.9. The molecule has 196 valence electrons. The molecule has 1 N–H and O–H groups in total. The van der Waals surface area contributed by atoms with E-state index < -0.39 is 23.9 Å². The molecule has 0 aliphatic carbocycles. The quantitative estimate of drug-likeness (QED) is 0.235. The van der Waals surface area contributed by atoms with Crippen molar-refractivity contribution in [3.63, 3.8) is 0 Å². The van der Waals surface area contributed by atoms with Crippen LogP contribution in [0.1, 0.15) is 45.9 Å². The smallest absolute Gasteiger partial charge is 0.166 e. The van der Waals surface area contributed by atoms with E-state index >= 15 is 0 Å². The molecule has 6 heteroatoms. The molecule has 0 radical (unpaired) electrons. The first-order chi connectivity index (χ1) is 18.7. The number of H-pyrrole nitrogens is 1. The number of ether oxygens (including phenoxy) is 4. The van der Waals surface area contributed by atoms with E-state index in [9.17, 15) is 4.79 Å². The number of rotatable bonds is 12. The lowest BCUT2D eigenvalue weighted by atomic mass is 9.90. The van der Waals surface area contributed by atoms with E-state index in [1.165, 1.54) is 0 Å². The SMILES string of the molecule is C[C@]1(OCc2ccccc2)C(c2ccc(C=O)[nH]2)O[C@H](COCc2ccccc2)[C@H]1OCc1ccccc1. The van der Waals surface area contributed by atoms with Crippen molar-refractivity contribution in [1.82, 2.24) is 4.98 Å². The fourth-order valence-corrected chi connectivity index (χ4v) is 4.93.